The fraction of sp³-hybridized carbons (Fsp3) is 0.375. The number of aliphatic carboxylic acids is 1. The minimum Gasteiger partial charge on any atom is -0.480 e. The van der Waals surface area contributed by atoms with E-state index in [9.17, 15) is 9.59 Å². The molecule has 0 aliphatic rings. The molecule has 1 aromatic carbocycles. The Morgan fingerprint density at radius 2 is 1.95 bits per heavy atom. The number of amides is 2. The van der Waals surface area contributed by atoms with Crippen molar-refractivity contribution < 1.29 is 14.7 Å². The quantitative estimate of drug-likeness (QED) is 0.669. The van der Waals surface area contributed by atoms with Gasteiger partial charge in [-0.3, -0.25) is 0 Å². The summed E-state index contributed by atoms with van der Waals surface area (Å²) in [7, 11) is 0. The fourth-order valence-electron chi connectivity index (χ4n) is 1.83. The number of rotatable bonds is 7. The maximum atomic E-state index is 11.7. The highest BCUT2D eigenvalue weighted by Crippen LogP contribution is 2.05. The number of hydrogen-bond acceptors (Lipinski definition) is 2. The Morgan fingerprint density at radius 1 is 1.29 bits per heavy atom. The number of urea groups is 1. The summed E-state index contributed by atoms with van der Waals surface area (Å²) in [5.74, 6) is 1.36. The number of carboxylic acids is 1. The van der Waals surface area contributed by atoms with Crippen molar-refractivity contribution in [3.63, 3.8) is 0 Å². The van der Waals surface area contributed by atoms with Crippen LogP contribution in [0.15, 0.2) is 30.3 Å². The molecule has 1 aromatic rings. The van der Waals surface area contributed by atoms with Gasteiger partial charge in [0, 0.05) is 0 Å². The molecule has 0 radical (unpaired) electrons. The molecule has 0 saturated heterocycles. The number of aryl methyl sites for hydroxylation is 1. The first-order valence-corrected chi connectivity index (χ1v) is 6.86. The molecule has 112 valence electrons. The molecule has 5 nitrogen and oxygen atoms in total. The van der Waals surface area contributed by atoms with E-state index in [4.69, 9.17) is 11.5 Å². The van der Waals surface area contributed by atoms with Crippen molar-refractivity contribution in [1.29, 1.82) is 0 Å². The molecular weight excluding hydrogens is 268 g/mol. The highest BCUT2D eigenvalue weighted by molar-refractivity contribution is 5.82. The zero-order chi connectivity index (χ0) is 15.7. The molecule has 0 spiro atoms. The summed E-state index contributed by atoms with van der Waals surface area (Å²) in [6, 6.07) is 7.63. The van der Waals surface area contributed by atoms with Crippen LogP contribution in [-0.4, -0.2) is 29.2 Å². The molecule has 0 aliphatic carbocycles. The standard InChI is InChI=1S/C16H20N2O3/c1-3-13(4-2)17-16(21)18-14(15(19)20)11-10-12-8-6-5-7-9-12/h1,5-9,13-14H,4,10-11H2,2H3,(H,19,20)(H2,17,18,21)/t13?,14-/m0/s1. The predicted octanol–water partition coefficient (Wildman–Crippen LogP) is 1.78. The minimum absolute atomic E-state index is 0.319. The molecule has 2 atom stereocenters. The lowest BCUT2D eigenvalue weighted by atomic mass is 10.1. The van der Waals surface area contributed by atoms with Gasteiger partial charge in [-0.1, -0.05) is 43.2 Å². The van der Waals surface area contributed by atoms with Gasteiger partial charge in [0.25, 0.3) is 0 Å². The Balaban J connectivity index is 2.52. The van der Waals surface area contributed by atoms with Crippen LogP contribution in [0.25, 0.3) is 0 Å². The van der Waals surface area contributed by atoms with Crippen LogP contribution in [0.2, 0.25) is 0 Å². The van der Waals surface area contributed by atoms with E-state index in [-0.39, 0.29) is 0 Å². The summed E-state index contributed by atoms with van der Waals surface area (Å²) in [5, 5.41) is 14.2. The van der Waals surface area contributed by atoms with Crippen molar-refractivity contribution in [1.82, 2.24) is 10.6 Å². The van der Waals surface area contributed by atoms with Gasteiger partial charge in [-0.2, -0.15) is 0 Å². The zero-order valence-electron chi connectivity index (χ0n) is 12.0. The smallest absolute Gasteiger partial charge is 0.326 e. The first-order valence-electron chi connectivity index (χ1n) is 6.86. The maximum absolute atomic E-state index is 11.7. The van der Waals surface area contributed by atoms with E-state index in [0.717, 1.165) is 5.56 Å². The molecule has 0 bridgehead atoms. The van der Waals surface area contributed by atoms with Gasteiger partial charge in [0.15, 0.2) is 0 Å². The second-order valence-corrected chi connectivity index (χ2v) is 4.66. The molecule has 0 heterocycles. The van der Waals surface area contributed by atoms with Crippen molar-refractivity contribution in [3.8, 4) is 12.3 Å². The SMILES string of the molecule is C#CC(CC)NC(=O)N[C@@H](CCc1ccccc1)C(=O)O. The summed E-state index contributed by atoms with van der Waals surface area (Å²) >= 11 is 0. The van der Waals surface area contributed by atoms with Crippen molar-refractivity contribution in [3.05, 3.63) is 35.9 Å². The Bertz CT molecular complexity index is 508. The monoisotopic (exact) mass is 288 g/mol. The summed E-state index contributed by atoms with van der Waals surface area (Å²) in [6.45, 7) is 1.84. The van der Waals surface area contributed by atoms with Crippen LogP contribution in [0.1, 0.15) is 25.3 Å². The average molecular weight is 288 g/mol. The van der Waals surface area contributed by atoms with Crippen LogP contribution in [-0.2, 0) is 11.2 Å². The summed E-state index contributed by atoms with van der Waals surface area (Å²) in [5.41, 5.74) is 1.03. The second-order valence-electron chi connectivity index (χ2n) is 4.66. The van der Waals surface area contributed by atoms with E-state index in [1.165, 1.54) is 0 Å². The zero-order valence-corrected chi connectivity index (χ0v) is 12.0. The van der Waals surface area contributed by atoms with Crippen LogP contribution >= 0.6 is 0 Å². The third-order valence-corrected chi connectivity index (χ3v) is 3.08. The van der Waals surface area contributed by atoms with Gasteiger partial charge < -0.3 is 15.7 Å². The normalized spacial score (nSPS) is 12.8. The van der Waals surface area contributed by atoms with Gasteiger partial charge in [-0.05, 0) is 24.8 Å². The van der Waals surface area contributed by atoms with E-state index in [1.54, 1.807) is 0 Å². The van der Waals surface area contributed by atoms with Crippen LogP contribution in [0, 0.1) is 12.3 Å². The number of carbonyl (C=O) groups is 2. The molecule has 0 aromatic heterocycles. The molecule has 1 rings (SSSR count). The molecule has 1 unspecified atom stereocenters. The van der Waals surface area contributed by atoms with E-state index >= 15 is 0 Å². The Morgan fingerprint density at radius 3 is 2.48 bits per heavy atom. The molecule has 5 heteroatoms. The lowest BCUT2D eigenvalue weighted by Crippen LogP contribution is -2.48. The van der Waals surface area contributed by atoms with E-state index < -0.39 is 24.1 Å². The average Bonchev–Trinajstić information content (AvgIpc) is 2.49. The highest BCUT2D eigenvalue weighted by Gasteiger charge is 2.20. The third-order valence-electron chi connectivity index (χ3n) is 3.08. The van der Waals surface area contributed by atoms with E-state index in [0.29, 0.717) is 19.3 Å². The van der Waals surface area contributed by atoms with Gasteiger partial charge >= 0.3 is 12.0 Å². The Labute approximate surface area is 124 Å². The predicted molar refractivity (Wildman–Crippen MR) is 80.8 cm³/mol. The molecule has 2 amide bonds. The molecule has 0 aliphatic heterocycles. The third kappa shape index (κ3) is 6.00. The Kier molecular flexibility index (Phi) is 6.82. The lowest BCUT2D eigenvalue weighted by Gasteiger charge is -2.17. The highest BCUT2D eigenvalue weighted by atomic mass is 16.4. The summed E-state index contributed by atoms with van der Waals surface area (Å²) < 4.78 is 0. The van der Waals surface area contributed by atoms with Gasteiger partial charge in [-0.15, -0.1) is 6.42 Å². The first kappa shape index (κ1) is 16.6. The maximum Gasteiger partial charge on any atom is 0.326 e. The van der Waals surface area contributed by atoms with Gasteiger partial charge in [0.1, 0.15) is 6.04 Å². The van der Waals surface area contributed by atoms with E-state index in [1.807, 2.05) is 37.3 Å². The topological polar surface area (TPSA) is 78.4 Å². The molecular formula is C16H20N2O3. The number of carboxylic acid groups (broad SMARTS) is 1. The summed E-state index contributed by atoms with van der Waals surface area (Å²) in [4.78, 5) is 22.9. The second kappa shape index (κ2) is 8.64. The van der Waals surface area contributed by atoms with Gasteiger partial charge in [0.2, 0.25) is 0 Å². The number of benzene rings is 1. The number of nitrogens with one attached hydrogen (secondary N) is 2. The van der Waals surface area contributed by atoms with Crippen LogP contribution in [0.5, 0.6) is 0 Å². The molecule has 3 N–H and O–H groups in total. The molecule has 0 fully saturated rings. The van der Waals surface area contributed by atoms with Crippen LogP contribution in [0.3, 0.4) is 0 Å². The first-order chi connectivity index (χ1) is 10.1. The largest absolute Gasteiger partial charge is 0.480 e. The van der Waals surface area contributed by atoms with E-state index in [2.05, 4.69) is 16.6 Å². The van der Waals surface area contributed by atoms with Crippen molar-refractivity contribution in [2.24, 2.45) is 0 Å². The van der Waals surface area contributed by atoms with Crippen molar-refractivity contribution >= 4 is 12.0 Å². The Hall–Kier alpha value is -2.48. The number of carbonyl (C=O) groups excluding carboxylic acids is 1. The van der Waals surface area contributed by atoms with Gasteiger partial charge in [-0.25, -0.2) is 9.59 Å². The lowest BCUT2D eigenvalue weighted by molar-refractivity contribution is -0.139. The minimum atomic E-state index is -1.06. The molecule has 0 saturated carbocycles. The van der Waals surface area contributed by atoms with Crippen LogP contribution < -0.4 is 10.6 Å². The number of terminal acetylenes is 1. The summed E-state index contributed by atoms with van der Waals surface area (Å²) in [6.07, 6.45) is 6.73. The van der Waals surface area contributed by atoms with Gasteiger partial charge in [0.05, 0.1) is 6.04 Å². The molecule has 21 heavy (non-hydrogen) atoms. The fourth-order valence-corrected chi connectivity index (χ4v) is 1.83. The van der Waals surface area contributed by atoms with Crippen molar-refractivity contribution in [2.75, 3.05) is 0 Å². The number of hydrogen-bond donors (Lipinski definition) is 3. The van der Waals surface area contributed by atoms with Crippen LogP contribution in [0.4, 0.5) is 4.79 Å². The van der Waals surface area contributed by atoms with Crippen molar-refractivity contribution in [2.45, 2.75) is 38.3 Å².